The first-order valence-corrected chi connectivity index (χ1v) is 9.11. The van der Waals surface area contributed by atoms with Crippen molar-refractivity contribution in [2.75, 3.05) is 6.54 Å². The molecule has 4 rings (SSSR count). The van der Waals surface area contributed by atoms with Gasteiger partial charge < -0.3 is 5.32 Å². The Bertz CT molecular complexity index is 774. The van der Waals surface area contributed by atoms with Gasteiger partial charge in [-0.15, -0.1) is 5.10 Å². The van der Waals surface area contributed by atoms with Crippen LogP contribution in [-0.2, 0) is 17.9 Å². The Labute approximate surface area is 147 Å². The highest BCUT2D eigenvalue weighted by atomic mass is 16.2. The number of nitrogens with zero attached hydrogens (tertiary/aromatic N) is 6. The molecule has 0 saturated heterocycles. The summed E-state index contributed by atoms with van der Waals surface area (Å²) in [5, 5.41) is 19.6. The van der Waals surface area contributed by atoms with Crippen LogP contribution in [0.1, 0.15) is 55.2 Å². The Morgan fingerprint density at radius 3 is 2.92 bits per heavy atom. The van der Waals surface area contributed by atoms with Gasteiger partial charge in [-0.05, 0) is 56.0 Å². The van der Waals surface area contributed by atoms with Gasteiger partial charge in [-0.3, -0.25) is 9.48 Å². The molecule has 2 aromatic rings. The standard InChI is InChI=1S/C17H25N7O/c1-12-9-13(2)24(20-12)11-17(6-7-17)10-18-16(25)14-5-3-4-8-23-15(14)19-21-22-23/h9,14H,3-8,10-11H2,1-2H3,(H,18,25)/t14-/m0/s1. The SMILES string of the molecule is Cc1cc(C)n(CC2(CNC(=O)[C@H]3CCCCn4nnnc43)CC2)n1. The molecule has 0 bridgehead atoms. The van der Waals surface area contributed by atoms with Crippen LogP contribution in [0, 0.1) is 19.3 Å². The molecule has 1 saturated carbocycles. The average molecular weight is 343 g/mol. The van der Waals surface area contributed by atoms with E-state index in [2.05, 4.69) is 43.6 Å². The predicted molar refractivity (Wildman–Crippen MR) is 90.8 cm³/mol. The van der Waals surface area contributed by atoms with Gasteiger partial charge in [-0.1, -0.05) is 6.42 Å². The molecule has 2 aliphatic rings. The van der Waals surface area contributed by atoms with E-state index in [1.807, 2.05) is 6.92 Å². The normalized spacial score (nSPS) is 21.4. The highest BCUT2D eigenvalue weighted by molar-refractivity contribution is 5.82. The fourth-order valence-corrected chi connectivity index (χ4v) is 3.73. The second-order valence-corrected chi connectivity index (χ2v) is 7.61. The first-order valence-electron chi connectivity index (χ1n) is 9.11. The van der Waals surface area contributed by atoms with Crippen LogP contribution in [-0.4, -0.2) is 42.4 Å². The van der Waals surface area contributed by atoms with Gasteiger partial charge in [0, 0.05) is 30.7 Å². The number of carbonyl (C=O) groups excluding carboxylic acids is 1. The van der Waals surface area contributed by atoms with Crippen molar-refractivity contribution in [3.05, 3.63) is 23.3 Å². The summed E-state index contributed by atoms with van der Waals surface area (Å²) < 4.78 is 3.85. The molecule has 134 valence electrons. The molecule has 1 atom stereocenters. The maximum absolute atomic E-state index is 12.8. The Hall–Kier alpha value is -2.25. The third-order valence-corrected chi connectivity index (χ3v) is 5.48. The van der Waals surface area contributed by atoms with E-state index in [1.54, 1.807) is 4.68 Å². The van der Waals surface area contributed by atoms with Crippen LogP contribution in [0.4, 0.5) is 0 Å². The molecule has 25 heavy (non-hydrogen) atoms. The van der Waals surface area contributed by atoms with E-state index < -0.39 is 0 Å². The molecule has 0 unspecified atom stereocenters. The van der Waals surface area contributed by atoms with Gasteiger partial charge in [0.05, 0.1) is 11.6 Å². The molecule has 1 aliphatic carbocycles. The molecule has 3 heterocycles. The minimum atomic E-state index is -0.234. The summed E-state index contributed by atoms with van der Waals surface area (Å²) in [5.74, 6) is 0.526. The van der Waals surface area contributed by atoms with Crippen LogP contribution >= 0.6 is 0 Å². The Kier molecular flexibility index (Phi) is 4.05. The number of aromatic nitrogens is 6. The fraction of sp³-hybridized carbons (Fsp3) is 0.706. The molecule has 0 spiro atoms. The molecule has 1 aliphatic heterocycles. The summed E-state index contributed by atoms with van der Waals surface area (Å²) >= 11 is 0. The van der Waals surface area contributed by atoms with E-state index in [1.165, 1.54) is 5.69 Å². The number of tetrazole rings is 1. The molecule has 2 aromatic heterocycles. The molecular weight excluding hydrogens is 318 g/mol. The smallest absolute Gasteiger partial charge is 0.230 e. The zero-order valence-corrected chi connectivity index (χ0v) is 14.9. The highest BCUT2D eigenvalue weighted by Crippen LogP contribution is 2.46. The van der Waals surface area contributed by atoms with Gasteiger partial charge in [-0.25, -0.2) is 4.68 Å². The third kappa shape index (κ3) is 3.29. The summed E-state index contributed by atoms with van der Waals surface area (Å²) in [6, 6.07) is 2.10. The maximum Gasteiger partial charge on any atom is 0.230 e. The van der Waals surface area contributed by atoms with E-state index in [0.717, 1.165) is 50.9 Å². The first kappa shape index (κ1) is 16.2. The van der Waals surface area contributed by atoms with Gasteiger partial charge in [0.15, 0.2) is 5.82 Å². The van der Waals surface area contributed by atoms with Crippen LogP contribution in [0.15, 0.2) is 6.07 Å². The lowest BCUT2D eigenvalue weighted by atomic mass is 10.0. The molecule has 1 N–H and O–H groups in total. The van der Waals surface area contributed by atoms with Gasteiger partial charge in [0.25, 0.3) is 0 Å². The van der Waals surface area contributed by atoms with Gasteiger partial charge in [-0.2, -0.15) is 5.10 Å². The number of nitrogens with one attached hydrogen (secondary N) is 1. The lowest BCUT2D eigenvalue weighted by molar-refractivity contribution is -0.123. The molecule has 0 radical (unpaired) electrons. The fourth-order valence-electron chi connectivity index (χ4n) is 3.73. The maximum atomic E-state index is 12.8. The zero-order chi connectivity index (χ0) is 17.4. The average Bonchev–Trinajstić information content (AvgIpc) is 3.15. The van der Waals surface area contributed by atoms with Crippen molar-refractivity contribution in [2.24, 2.45) is 5.41 Å². The van der Waals surface area contributed by atoms with Crippen LogP contribution in [0.2, 0.25) is 0 Å². The van der Waals surface area contributed by atoms with E-state index in [9.17, 15) is 4.79 Å². The summed E-state index contributed by atoms with van der Waals surface area (Å²) in [5.41, 5.74) is 2.37. The van der Waals surface area contributed by atoms with E-state index in [-0.39, 0.29) is 17.2 Å². The minimum Gasteiger partial charge on any atom is -0.355 e. The Morgan fingerprint density at radius 1 is 1.36 bits per heavy atom. The quantitative estimate of drug-likeness (QED) is 0.885. The second kappa shape index (κ2) is 6.24. The van der Waals surface area contributed by atoms with Crippen molar-refractivity contribution in [1.29, 1.82) is 0 Å². The zero-order valence-electron chi connectivity index (χ0n) is 14.9. The summed E-state index contributed by atoms with van der Waals surface area (Å²) in [7, 11) is 0. The van der Waals surface area contributed by atoms with Crippen LogP contribution in [0.25, 0.3) is 0 Å². The van der Waals surface area contributed by atoms with Crippen molar-refractivity contribution < 1.29 is 4.79 Å². The largest absolute Gasteiger partial charge is 0.355 e. The number of amides is 1. The number of rotatable bonds is 5. The number of hydrogen-bond donors (Lipinski definition) is 1. The molecule has 1 fully saturated rings. The molecular formula is C17H25N7O. The molecule has 0 aromatic carbocycles. The Morgan fingerprint density at radius 2 is 2.20 bits per heavy atom. The molecule has 8 heteroatoms. The molecule has 8 nitrogen and oxygen atoms in total. The summed E-state index contributed by atoms with van der Waals surface area (Å²) in [6.45, 7) is 6.46. The Balaban J connectivity index is 1.40. The van der Waals surface area contributed by atoms with Crippen LogP contribution in [0.5, 0.6) is 0 Å². The first-order chi connectivity index (χ1) is 12.1. The van der Waals surface area contributed by atoms with E-state index in [0.29, 0.717) is 12.4 Å². The highest BCUT2D eigenvalue weighted by Gasteiger charge is 2.44. The van der Waals surface area contributed by atoms with Crippen molar-refractivity contribution in [1.82, 2.24) is 35.3 Å². The lowest BCUT2D eigenvalue weighted by Gasteiger charge is -2.19. The van der Waals surface area contributed by atoms with Crippen molar-refractivity contribution in [3.8, 4) is 0 Å². The topological polar surface area (TPSA) is 90.5 Å². The lowest BCUT2D eigenvalue weighted by Crippen LogP contribution is -2.36. The number of fused-ring (bicyclic) bond motifs is 1. The van der Waals surface area contributed by atoms with Crippen molar-refractivity contribution in [3.63, 3.8) is 0 Å². The van der Waals surface area contributed by atoms with E-state index in [4.69, 9.17) is 0 Å². The molecule has 1 amide bonds. The number of carbonyl (C=O) groups is 1. The van der Waals surface area contributed by atoms with Gasteiger partial charge in [0.1, 0.15) is 0 Å². The van der Waals surface area contributed by atoms with E-state index >= 15 is 0 Å². The van der Waals surface area contributed by atoms with Crippen molar-refractivity contribution >= 4 is 5.91 Å². The minimum absolute atomic E-state index is 0.0533. The summed E-state index contributed by atoms with van der Waals surface area (Å²) in [4.78, 5) is 12.8. The predicted octanol–water partition coefficient (Wildman–Crippen LogP) is 1.35. The summed E-state index contributed by atoms with van der Waals surface area (Å²) in [6.07, 6.45) is 5.11. The monoisotopic (exact) mass is 343 g/mol. The third-order valence-electron chi connectivity index (χ3n) is 5.48. The van der Waals surface area contributed by atoms with Gasteiger partial charge in [0.2, 0.25) is 5.91 Å². The van der Waals surface area contributed by atoms with Gasteiger partial charge >= 0.3 is 0 Å². The van der Waals surface area contributed by atoms with Crippen molar-refractivity contribution in [2.45, 2.75) is 65.0 Å². The number of hydrogen-bond acceptors (Lipinski definition) is 5. The number of aryl methyl sites for hydroxylation is 3. The van der Waals surface area contributed by atoms with Crippen LogP contribution < -0.4 is 5.32 Å². The van der Waals surface area contributed by atoms with Crippen LogP contribution in [0.3, 0.4) is 0 Å². The second-order valence-electron chi connectivity index (χ2n) is 7.61.